The van der Waals surface area contributed by atoms with E-state index in [1.54, 1.807) is 32.1 Å². The molecule has 2 unspecified atom stereocenters. The summed E-state index contributed by atoms with van der Waals surface area (Å²) in [5, 5.41) is 0. The normalized spacial score (nSPS) is 36.1. The highest BCUT2D eigenvalue weighted by molar-refractivity contribution is 4.85. The Balaban J connectivity index is 1.66. The molecule has 0 saturated heterocycles. The lowest BCUT2D eigenvalue weighted by Gasteiger charge is -2.32. The van der Waals surface area contributed by atoms with Crippen molar-refractivity contribution in [3.05, 3.63) is 12.2 Å². The van der Waals surface area contributed by atoms with Crippen LogP contribution in [-0.2, 0) is 0 Å². The first-order chi connectivity index (χ1) is 9.33. The van der Waals surface area contributed by atoms with Gasteiger partial charge in [-0.3, -0.25) is 0 Å². The fourth-order valence-corrected chi connectivity index (χ4v) is 4.66. The van der Waals surface area contributed by atoms with Crippen LogP contribution in [0.5, 0.6) is 0 Å². The standard InChI is InChI=1S/C19H34/c1-3-5-6-8-16-9-12-18(13-10-16)19-14-11-17(15-19)7-4-2/h3,5,16-19H,4,6-15H2,1-2H3/b5-3+. The minimum Gasteiger partial charge on any atom is -0.0917 e. The molecule has 2 fully saturated rings. The second-order valence-corrected chi connectivity index (χ2v) is 7.16. The first-order valence-corrected chi connectivity index (χ1v) is 8.94. The SMILES string of the molecule is C/C=C/CCC1CCC(C2CCC(CCC)C2)CC1. The Labute approximate surface area is 121 Å². The molecule has 19 heavy (non-hydrogen) atoms. The lowest BCUT2D eigenvalue weighted by Crippen LogP contribution is -2.20. The fraction of sp³-hybridized carbons (Fsp3) is 0.895. The van der Waals surface area contributed by atoms with Gasteiger partial charge in [-0.25, -0.2) is 0 Å². The topological polar surface area (TPSA) is 0 Å². The predicted octanol–water partition coefficient (Wildman–Crippen LogP) is 6.37. The van der Waals surface area contributed by atoms with Gasteiger partial charge in [0.2, 0.25) is 0 Å². The van der Waals surface area contributed by atoms with E-state index in [0.717, 1.165) is 23.7 Å². The minimum atomic E-state index is 1.04. The molecule has 0 spiro atoms. The summed E-state index contributed by atoms with van der Waals surface area (Å²) in [6, 6.07) is 0. The molecule has 2 rings (SSSR count). The molecule has 0 nitrogen and oxygen atoms in total. The van der Waals surface area contributed by atoms with Crippen LogP contribution in [0.1, 0.15) is 84.5 Å². The molecule has 2 aliphatic carbocycles. The van der Waals surface area contributed by atoms with Crippen LogP contribution in [-0.4, -0.2) is 0 Å². The summed E-state index contributed by atoms with van der Waals surface area (Å²) in [5.41, 5.74) is 0. The van der Waals surface area contributed by atoms with E-state index in [0.29, 0.717) is 0 Å². The number of hydrogen-bond donors (Lipinski definition) is 0. The monoisotopic (exact) mass is 262 g/mol. The highest BCUT2D eigenvalue weighted by Crippen LogP contribution is 2.44. The predicted molar refractivity (Wildman–Crippen MR) is 85.2 cm³/mol. The van der Waals surface area contributed by atoms with Crippen molar-refractivity contribution in [1.29, 1.82) is 0 Å². The molecule has 0 N–H and O–H groups in total. The van der Waals surface area contributed by atoms with Crippen molar-refractivity contribution >= 4 is 0 Å². The summed E-state index contributed by atoms with van der Waals surface area (Å²) in [5.74, 6) is 4.33. The lowest BCUT2D eigenvalue weighted by atomic mass is 9.74. The van der Waals surface area contributed by atoms with E-state index >= 15 is 0 Å². The van der Waals surface area contributed by atoms with Gasteiger partial charge in [0.25, 0.3) is 0 Å². The van der Waals surface area contributed by atoms with Crippen molar-refractivity contribution < 1.29 is 0 Å². The van der Waals surface area contributed by atoms with E-state index in [1.165, 1.54) is 38.5 Å². The van der Waals surface area contributed by atoms with Crippen molar-refractivity contribution in [2.75, 3.05) is 0 Å². The zero-order chi connectivity index (χ0) is 13.5. The van der Waals surface area contributed by atoms with E-state index in [4.69, 9.17) is 0 Å². The number of hydrogen-bond acceptors (Lipinski definition) is 0. The summed E-state index contributed by atoms with van der Waals surface area (Å²) >= 11 is 0. The maximum Gasteiger partial charge on any atom is -0.0348 e. The molecular formula is C19H34. The molecule has 0 aliphatic heterocycles. The van der Waals surface area contributed by atoms with Gasteiger partial charge in [0, 0.05) is 0 Å². The third kappa shape index (κ3) is 4.65. The molecule has 0 aromatic rings. The smallest absolute Gasteiger partial charge is 0.0348 e. The fourth-order valence-electron chi connectivity index (χ4n) is 4.66. The zero-order valence-electron chi connectivity index (χ0n) is 13.2. The molecule has 0 heterocycles. The molecule has 2 atom stereocenters. The number of rotatable bonds is 6. The van der Waals surface area contributed by atoms with E-state index in [9.17, 15) is 0 Å². The molecule has 2 saturated carbocycles. The molecule has 0 radical (unpaired) electrons. The van der Waals surface area contributed by atoms with Gasteiger partial charge in [-0.1, -0.05) is 51.2 Å². The molecule has 0 aromatic heterocycles. The van der Waals surface area contributed by atoms with Crippen molar-refractivity contribution in [2.24, 2.45) is 23.7 Å². The Kier molecular flexibility index (Phi) is 6.47. The highest BCUT2D eigenvalue weighted by Gasteiger charge is 2.32. The van der Waals surface area contributed by atoms with Crippen LogP contribution in [0.4, 0.5) is 0 Å². The maximum absolute atomic E-state index is 2.35. The average molecular weight is 262 g/mol. The van der Waals surface area contributed by atoms with Gasteiger partial charge in [-0.05, 0) is 69.1 Å². The second-order valence-electron chi connectivity index (χ2n) is 7.16. The molecule has 2 aliphatic rings. The Bertz CT molecular complexity index is 257. The third-order valence-corrected chi connectivity index (χ3v) is 5.81. The first-order valence-electron chi connectivity index (χ1n) is 8.94. The number of allylic oxidation sites excluding steroid dienone is 2. The van der Waals surface area contributed by atoms with Gasteiger partial charge < -0.3 is 0 Å². The second kappa shape index (κ2) is 8.12. The minimum absolute atomic E-state index is 1.04. The van der Waals surface area contributed by atoms with Gasteiger partial charge in [-0.15, -0.1) is 0 Å². The van der Waals surface area contributed by atoms with Crippen LogP contribution in [0, 0.1) is 23.7 Å². The maximum atomic E-state index is 2.35. The Hall–Kier alpha value is -0.260. The van der Waals surface area contributed by atoms with Gasteiger partial charge in [-0.2, -0.15) is 0 Å². The molecule has 0 aromatic carbocycles. The lowest BCUT2D eigenvalue weighted by molar-refractivity contribution is 0.197. The summed E-state index contributed by atoms with van der Waals surface area (Å²) in [4.78, 5) is 0. The van der Waals surface area contributed by atoms with E-state index < -0.39 is 0 Å². The Morgan fingerprint density at radius 2 is 1.53 bits per heavy atom. The average Bonchev–Trinajstić information content (AvgIpc) is 2.89. The highest BCUT2D eigenvalue weighted by atomic mass is 14.4. The van der Waals surface area contributed by atoms with E-state index in [1.807, 2.05) is 0 Å². The molecular weight excluding hydrogens is 228 g/mol. The summed E-state index contributed by atoms with van der Waals surface area (Å²) < 4.78 is 0. The zero-order valence-corrected chi connectivity index (χ0v) is 13.2. The van der Waals surface area contributed by atoms with Gasteiger partial charge in [0.05, 0.1) is 0 Å². The quantitative estimate of drug-likeness (QED) is 0.488. The van der Waals surface area contributed by atoms with Crippen molar-refractivity contribution in [2.45, 2.75) is 84.5 Å². The Morgan fingerprint density at radius 3 is 2.21 bits per heavy atom. The van der Waals surface area contributed by atoms with Crippen LogP contribution in [0.2, 0.25) is 0 Å². The van der Waals surface area contributed by atoms with Gasteiger partial charge in [0.15, 0.2) is 0 Å². The van der Waals surface area contributed by atoms with Gasteiger partial charge in [0.1, 0.15) is 0 Å². The van der Waals surface area contributed by atoms with Crippen LogP contribution in [0.15, 0.2) is 12.2 Å². The third-order valence-electron chi connectivity index (χ3n) is 5.81. The summed E-state index contributed by atoms with van der Waals surface area (Å²) in [6.45, 7) is 4.49. The molecule has 110 valence electrons. The molecule has 0 heteroatoms. The van der Waals surface area contributed by atoms with E-state index in [-0.39, 0.29) is 0 Å². The van der Waals surface area contributed by atoms with Crippen molar-refractivity contribution in [1.82, 2.24) is 0 Å². The first kappa shape index (κ1) is 15.1. The van der Waals surface area contributed by atoms with Crippen LogP contribution < -0.4 is 0 Å². The largest absolute Gasteiger partial charge is 0.0917 e. The van der Waals surface area contributed by atoms with Crippen LogP contribution in [0.25, 0.3) is 0 Å². The van der Waals surface area contributed by atoms with Crippen molar-refractivity contribution in [3.63, 3.8) is 0 Å². The van der Waals surface area contributed by atoms with Gasteiger partial charge >= 0.3 is 0 Å². The molecule has 0 bridgehead atoms. The van der Waals surface area contributed by atoms with E-state index in [2.05, 4.69) is 26.0 Å². The Morgan fingerprint density at radius 1 is 0.842 bits per heavy atom. The van der Waals surface area contributed by atoms with Crippen molar-refractivity contribution in [3.8, 4) is 0 Å². The molecule has 0 amide bonds. The van der Waals surface area contributed by atoms with Crippen LogP contribution in [0.3, 0.4) is 0 Å². The van der Waals surface area contributed by atoms with Crippen LogP contribution >= 0.6 is 0 Å². The summed E-state index contributed by atoms with van der Waals surface area (Å²) in [7, 11) is 0. The summed E-state index contributed by atoms with van der Waals surface area (Å²) in [6.07, 6.45) is 21.0.